The molecule has 8 heteroatoms. The number of fused-ring (bicyclic) bond motifs is 1. The van der Waals surface area contributed by atoms with Crippen molar-refractivity contribution in [3.63, 3.8) is 0 Å². The summed E-state index contributed by atoms with van der Waals surface area (Å²) in [4.78, 5) is 38.8. The molecular formula is C21H23N3O5. The summed E-state index contributed by atoms with van der Waals surface area (Å²) in [7, 11) is 0. The van der Waals surface area contributed by atoms with E-state index in [1.165, 1.54) is 4.57 Å². The van der Waals surface area contributed by atoms with E-state index in [1.54, 1.807) is 42.5 Å². The van der Waals surface area contributed by atoms with E-state index in [1.807, 2.05) is 13.8 Å². The summed E-state index contributed by atoms with van der Waals surface area (Å²) >= 11 is 0. The highest BCUT2D eigenvalue weighted by molar-refractivity contribution is 5.91. The molecule has 3 aromatic rings. The minimum atomic E-state index is -0.541. The van der Waals surface area contributed by atoms with E-state index in [2.05, 4.69) is 10.3 Å². The van der Waals surface area contributed by atoms with Crippen molar-refractivity contribution in [3.8, 4) is 11.5 Å². The van der Waals surface area contributed by atoms with Gasteiger partial charge in [-0.3, -0.25) is 19.1 Å². The highest BCUT2D eigenvalue weighted by Gasteiger charge is 2.11. The van der Waals surface area contributed by atoms with Gasteiger partial charge in [-0.2, -0.15) is 0 Å². The van der Waals surface area contributed by atoms with Crippen molar-refractivity contribution in [2.75, 3.05) is 18.5 Å². The molecule has 0 bridgehead atoms. The van der Waals surface area contributed by atoms with E-state index in [0.717, 1.165) is 0 Å². The van der Waals surface area contributed by atoms with Gasteiger partial charge in [0.25, 0.3) is 5.56 Å². The number of nitrogens with one attached hydrogen (secondary N) is 2. The lowest BCUT2D eigenvalue weighted by Gasteiger charge is -2.13. The summed E-state index contributed by atoms with van der Waals surface area (Å²) in [5.41, 5.74) is 0.0830. The lowest BCUT2D eigenvalue weighted by Crippen LogP contribution is -2.31. The maximum absolute atomic E-state index is 12.4. The minimum absolute atomic E-state index is 0.0626. The molecule has 0 aliphatic heterocycles. The zero-order valence-electron chi connectivity index (χ0n) is 16.4. The van der Waals surface area contributed by atoms with Crippen LogP contribution in [0.2, 0.25) is 0 Å². The van der Waals surface area contributed by atoms with Gasteiger partial charge in [0.1, 0.15) is 0 Å². The highest BCUT2D eigenvalue weighted by Crippen LogP contribution is 2.30. The van der Waals surface area contributed by atoms with Crippen LogP contribution in [0.5, 0.6) is 11.5 Å². The third-order valence-electron chi connectivity index (χ3n) is 4.29. The first kappa shape index (κ1) is 20.2. The Balaban J connectivity index is 1.74. The van der Waals surface area contributed by atoms with Gasteiger partial charge in [-0.1, -0.05) is 12.1 Å². The predicted molar refractivity (Wildman–Crippen MR) is 111 cm³/mol. The van der Waals surface area contributed by atoms with E-state index in [-0.39, 0.29) is 18.9 Å². The average molecular weight is 397 g/mol. The Morgan fingerprint density at radius 2 is 1.76 bits per heavy atom. The number of amides is 1. The predicted octanol–water partition coefficient (Wildman–Crippen LogP) is 2.52. The Kier molecular flexibility index (Phi) is 6.33. The second-order valence-corrected chi connectivity index (χ2v) is 6.25. The van der Waals surface area contributed by atoms with Crippen LogP contribution in [0.15, 0.2) is 52.1 Å². The van der Waals surface area contributed by atoms with Crippen molar-refractivity contribution in [2.45, 2.75) is 26.8 Å². The van der Waals surface area contributed by atoms with E-state index >= 15 is 0 Å². The maximum atomic E-state index is 12.4. The zero-order chi connectivity index (χ0) is 20.8. The van der Waals surface area contributed by atoms with Crippen LogP contribution < -0.4 is 26.0 Å². The topological polar surface area (TPSA) is 102 Å². The number of para-hydroxylation sites is 1. The molecule has 3 rings (SSSR count). The van der Waals surface area contributed by atoms with E-state index in [4.69, 9.17) is 9.47 Å². The number of benzene rings is 2. The van der Waals surface area contributed by atoms with Crippen LogP contribution in [-0.2, 0) is 11.3 Å². The van der Waals surface area contributed by atoms with Gasteiger partial charge in [-0.05, 0) is 38.1 Å². The Labute approximate surface area is 167 Å². The molecule has 0 saturated carbocycles. The quantitative estimate of drug-likeness (QED) is 0.608. The van der Waals surface area contributed by atoms with Crippen LogP contribution in [0, 0.1) is 0 Å². The number of anilines is 1. The molecular weight excluding hydrogens is 374 g/mol. The van der Waals surface area contributed by atoms with Gasteiger partial charge in [-0.25, -0.2) is 4.79 Å². The van der Waals surface area contributed by atoms with Gasteiger partial charge in [0.05, 0.1) is 24.1 Å². The van der Waals surface area contributed by atoms with E-state index in [0.29, 0.717) is 41.3 Å². The van der Waals surface area contributed by atoms with Gasteiger partial charge < -0.3 is 14.8 Å². The molecule has 29 heavy (non-hydrogen) atoms. The molecule has 1 amide bonds. The third kappa shape index (κ3) is 4.66. The summed E-state index contributed by atoms with van der Waals surface area (Å²) < 4.78 is 12.5. The molecule has 1 aromatic heterocycles. The number of aryl methyl sites for hydroxylation is 1. The molecule has 0 radical (unpaired) electrons. The number of rotatable bonds is 8. The van der Waals surface area contributed by atoms with Crippen LogP contribution in [0.1, 0.15) is 20.3 Å². The smallest absolute Gasteiger partial charge is 0.328 e. The monoisotopic (exact) mass is 397 g/mol. The number of aromatic amines is 1. The maximum Gasteiger partial charge on any atom is 0.328 e. The van der Waals surface area contributed by atoms with E-state index < -0.39 is 11.2 Å². The first-order chi connectivity index (χ1) is 14.0. The highest BCUT2D eigenvalue weighted by atomic mass is 16.5. The van der Waals surface area contributed by atoms with Crippen molar-refractivity contribution in [1.29, 1.82) is 0 Å². The number of carbonyl (C=O) groups is 1. The summed E-state index contributed by atoms with van der Waals surface area (Å²) in [6.45, 7) is 4.87. The lowest BCUT2D eigenvalue weighted by atomic mass is 10.2. The first-order valence-corrected chi connectivity index (χ1v) is 9.44. The summed E-state index contributed by atoms with van der Waals surface area (Å²) in [6.07, 6.45) is 0.0626. The molecule has 1 heterocycles. The molecule has 0 spiro atoms. The molecule has 8 nitrogen and oxygen atoms in total. The molecule has 2 aromatic carbocycles. The van der Waals surface area contributed by atoms with Gasteiger partial charge >= 0.3 is 5.69 Å². The zero-order valence-corrected chi connectivity index (χ0v) is 16.4. The number of nitrogens with zero attached hydrogens (tertiary/aromatic N) is 1. The van der Waals surface area contributed by atoms with Crippen molar-refractivity contribution >= 4 is 22.5 Å². The standard InChI is InChI=1S/C21H23N3O5/c1-3-28-17-10-9-14(13-18(17)29-4-2)22-19(25)11-12-24-16-8-6-5-7-15(16)20(26)23-21(24)27/h5-10,13H,3-4,11-12H2,1-2H3,(H,22,25)(H,23,26,27). The Bertz CT molecular complexity index is 1130. The largest absolute Gasteiger partial charge is 0.490 e. The Morgan fingerprint density at radius 3 is 2.52 bits per heavy atom. The Morgan fingerprint density at radius 1 is 1.03 bits per heavy atom. The molecule has 0 unspecified atom stereocenters. The lowest BCUT2D eigenvalue weighted by molar-refractivity contribution is -0.116. The molecule has 0 atom stereocenters. The number of hydrogen-bond acceptors (Lipinski definition) is 5. The molecule has 2 N–H and O–H groups in total. The van der Waals surface area contributed by atoms with Crippen molar-refractivity contribution < 1.29 is 14.3 Å². The van der Waals surface area contributed by atoms with Crippen LogP contribution in [-0.4, -0.2) is 28.7 Å². The van der Waals surface area contributed by atoms with Crippen LogP contribution >= 0.6 is 0 Å². The summed E-state index contributed by atoms with van der Waals surface area (Å²) in [6, 6.07) is 12.0. The fourth-order valence-electron chi connectivity index (χ4n) is 3.03. The molecule has 152 valence electrons. The number of aromatic nitrogens is 2. The van der Waals surface area contributed by atoms with E-state index in [9.17, 15) is 14.4 Å². The SMILES string of the molecule is CCOc1ccc(NC(=O)CCn2c(=O)[nH]c(=O)c3ccccc32)cc1OCC. The van der Waals surface area contributed by atoms with Gasteiger partial charge in [0.15, 0.2) is 11.5 Å². The van der Waals surface area contributed by atoms with Crippen LogP contribution in [0.4, 0.5) is 5.69 Å². The fraction of sp³-hybridized carbons (Fsp3) is 0.286. The van der Waals surface area contributed by atoms with Crippen LogP contribution in [0.25, 0.3) is 10.9 Å². The summed E-state index contributed by atoms with van der Waals surface area (Å²) in [5, 5.41) is 3.20. The van der Waals surface area contributed by atoms with Crippen molar-refractivity contribution in [3.05, 3.63) is 63.3 Å². The normalized spacial score (nSPS) is 10.7. The van der Waals surface area contributed by atoms with Gasteiger partial charge in [-0.15, -0.1) is 0 Å². The third-order valence-corrected chi connectivity index (χ3v) is 4.29. The number of hydrogen-bond donors (Lipinski definition) is 2. The average Bonchev–Trinajstić information content (AvgIpc) is 2.70. The second kappa shape index (κ2) is 9.09. The summed E-state index contributed by atoms with van der Waals surface area (Å²) in [5.74, 6) is 0.896. The van der Waals surface area contributed by atoms with Gasteiger partial charge in [0.2, 0.25) is 5.91 Å². The van der Waals surface area contributed by atoms with Gasteiger partial charge in [0, 0.05) is 24.7 Å². The molecule has 0 aliphatic rings. The molecule has 0 aliphatic carbocycles. The molecule has 0 saturated heterocycles. The fourth-order valence-corrected chi connectivity index (χ4v) is 3.03. The number of carbonyl (C=O) groups excluding carboxylic acids is 1. The Hall–Kier alpha value is -3.55. The molecule has 0 fully saturated rings. The number of H-pyrrole nitrogens is 1. The first-order valence-electron chi connectivity index (χ1n) is 9.44. The second-order valence-electron chi connectivity index (χ2n) is 6.25. The van der Waals surface area contributed by atoms with Crippen LogP contribution in [0.3, 0.4) is 0 Å². The number of ether oxygens (including phenoxy) is 2. The van der Waals surface area contributed by atoms with Crippen molar-refractivity contribution in [1.82, 2.24) is 9.55 Å². The van der Waals surface area contributed by atoms with Crippen molar-refractivity contribution in [2.24, 2.45) is 0 Å². The minimum Gasteiger partial charge on any atom is -0.490 e.